The molecule has 2 aromatic rings. The van der Waals surface area contributed by atoms with Crippen molar-refractivity contribution < 1.29 is 26.4 Å². The first-order valence-electron chi connectivity index (χ1n) is 7.76. The summed E-state index contributed by atoms with van der Waals surface area (Å²) in [5, 5.41) is 3.08. The number of halogens is 4. The minimum absolute atomic E-state index is 0.254. The lowest BCUT2D eigenvalue weighted by Gasteiger charge is -2.10. The number of rotatable bonds is 7. The predicted octanol–water partition coefficient (Wildman–Crippen LogP) is 3.00. The third-order valence-corrected chi connectivity index (χ3v) is 5.15. The monoisotopic (exact) mass is 420 g/mol. The first-order valence-corrected chi connectivity index (χ1v) is 9.62. The summed E-state index contributed by atoms with van der Waals surface area (Å²) in [5.41, 5.74) is -0.191. The van der Waals surface area contributed by atoms with Crippen molar-refractivity contribution in [1.29, 1.82) is 0 Å². The maximum Gasteiger partial charge on any atom is 0.416 e. The number of sulfonamides is 1. The third-order valence-electron chi connectivity index (χ3n) is 3.52. The summed E-state index contributed by atoms with van der Waals surface area (Å²) in [6, 6.07) is 10.3. The van der Waals surface area contributed by atoms with E-state index in [-0.39, 0.29) is 6.54 Å². The van der Waals surface area contributed by atoms with E-state index in [4.69, 9.17) is 11.6 Å². The maximum absolute atomic E-state index is 12.7. The lowest BCUT2D eigenvalue weighted by molar-refractivity contribution is -0.137. The summed E-state index contributed by atoms with van der Waals surface area (Å²) >= 11 is 5.85. The van der Waals surface area contributed by atoms with E-state index in [1.165, 1.54) is 0 Å². The van der Waals surface area contributed by atoms with Crippen LogP contribution < -0.4 is 10.0 Å². The van der Waals surface area contributed by atoms with Gasteiger partial charge in [0.1, 0.15) is 0 Å². The van der Waals surface area contributed by atoms with Crippen LogP contribution in [0.1, 0.15) is 11.1 Å². The fourth-order valence-electron chi connectivity index (χ4n) is 2.18. The van der Waals surface area contributed by atoms with Gasteiger partial charge < -0.3 is 5.32 Å². The Kier molecular flexibility index (Phi) is 6.85. The van der Waals surface area contributed by atoms with Crippen molar-refractivity contribution in [2.45, 2.75) is 17.5 Å². The molecule has 2 rings (SSSR count). The van der Waals surface area contributed by atoms with Gasteiger partial charge in [-0.3, -0.25) is 4.79 Å². The Morgan fingerprint density at radius 3 is 2.44 bits per heavy atom. The number of amides is 1. The smallest absolute Gasteiger partial charge is 0.355 e. The van der Waals surface area contributed by atoms with Gasteiger partial charge in [-0.25, -0.2) is 13.1 Å². The summed E-state index contributed by atoms with van der Waals surface area (Å²) in [7, 11) is -4.25. The van der Waals surface area contributed by atoms with Gasteiger partial charge in [-0.1, -0.05) is 29.8 Å². The number of hydrogen-bond donors (Lipinski definition) is 2. The van der Waals surface area contributed by atoms with Crippen LogP contribution in [-0.2, 0) is 27.4 Å². The molecule has 0 unspecified atom stereocenters. The third kappa shape index (κ3) is 6.53. The van der Waals surface area contributed by atoms with Gasteiger partial charge in [0.05, 0.1) is 17.0 Å². The number of carbonyl (C=O) groups is 1. The Bertz CT molecular complexity index is 918. The number of nitrogens with one attached hydrogen (secondary N) is 2. The van der Waals surface area contributed by atoms with Gasteiger partial charge in [0.15, 0.2) is 0 Å². The summed E-state index contributed by atoms with van der Waals surface area (Å²) in [5.74, 6) is -0.604. The van der Waals surface area contributed by atoms with Crippen LogP contribution in [0.4, 0.5) is 13.2 Å². The zero-order valence-corrected chi connectivity index (χ0v) is 15.5. The highest BCUT2D eigenvalue weighted by atomic mass is 35.5. The van der Waals surface area contributed by atoms with Gasteiger partial charge in [0, 0.05) is 11.6 Å². The van der Waals surface area contributed by atoms with E-state index in [1.807, 2.05) is 10.8 Å². The summed E-state index contributed by atoms with van der Waals surface area (Å²) < 4.78 is 64.2. The number of carbonyl (C=O) groups excluding carboxylic acids is 1. The zero-order chi connectivity index (χ0) is 20.1. The second-order valence-corrected chi connectivity index (χ2v) is 7.78. The van der Waals surface area contributed by atoms with Crippen LogP contribution in [-0.4, -0.2) is 27.4 Å². The number of alkyl halides is 3. The molecule has 0 bridgehead atoms. The van der Waals surface area contributed by atoms with Crippen LogP contribution in [0.3, 0.4) is 0 Å². The molecule has 0 heterocycles. The van der Waals surface area contributed by atoms with Gasteiger partial charge >= 0.3 is 6.18 Å². The van der Waals surface area contributed by atoms with Crippen molar-refractivity contribution in [1.82, 2.24) is 10.0 Å². The quantitative estimate of drug-likeness (QED) is 0.723. The molecule has 0 aliphatic heterocycles. The molecule has 0 aliphatic rings. The van der Waals surface area contributed by atoms with Crippen molar-refractivity contribution in [3.05, 3.63) is 64.7 Å². The standard InChI is InChI=1S/C17H16ClF3N2O3S/c18-14-5-1-3-12(9-14)7-8-22-16(24)11-23-27(25,26)15-6-2-4-13(10-15)17(19,20)21/h1-6,9-10,23H,7-8,11H2,(H,22,24). The van der Waals surface area contributed by atoms with Crippen LogP contribution in [0, 0.1) is 0 Å². The van der Waals surface area contributed by atoms with Gasteiger partial charge in [0.25, 0.3) is 0 Å². The molecule has 27 heavy (non-hydrogen) atoms. The van der Waals surface area contributed by atoms with Gasteiger partial charge in [-0.05, 0) is 42.3 Å². The van der Waals surface area contributed by atoms with E-state index in [0.717, 1.165) is 23.8 Å². The Balaban J connectivity index is 1.88. The maximum atomic E-state index is 12.7. The largest absolute Gasteiger partial charge is 0.416 e. The van der Waals surface area contributed by atoms with E-state index in [1.54, 1.807) is 18.2 Å². The predicted molar refractivity (Wildman–Crippen MR) is 94.8 cm³/mol. The van der Waals surface area contributed by atoms with Crippen LogP contribution in [0.5, 0.6) is 0 Å². The Hall–Kier alpha value is -2.10. The van der Waals surface area contributed by atoms with E-state index in [0.29, 0.717) is 17.5 Å². The van der Waals surface area contributed by atoms with Crippen molar-refractivity contribution in [3.8, 4) is 0 Å². The zero-order valence-electron chi connectivity index (χ0n) is 13.9. The number of benzene rings is 2. The molecule has 0 fully saturated rings. The molecule has 5 nitrogen and oxygen atoms in total. The average Bonchev–Trinajstić information content (AvgIpc) is 2.60. The molecule has 0 aromatic heterocycles. The molecule has 0 radical (unpaired) electrons. The number of hydrogen-bond acceptors (Lipinski definition) is 3. The van der Waals surface area contributed by atoms with E-state index >= 15 is 0 Å². The SMILES string of the molecule is O=C(CNS(=O)(=O)c1cccc(C(F)(F)F)c1)NCCc1cccc(Cl)c1. The molecule has 0 spiro atoms. The van der Waals surface area contributed by atoms with Gasteiger partial charge in [-0.15, -0.1) is 0 Å². The highest BCUT2D eigenvalue weighted by molar-refractivity contribution is 7.89. The second kappa shape index (κ2) is 8.73. The minimum atomic E-state index is -4.66. The molecule has 1 amide bonds. The van der Waals surface area contributed by atoms with Crippen molar-refractivity contribution >= 4 is 27.5 Å². The molecule has 0 saturated carbocycles. The van der Waals surface area contributed by atoms with Crippen LogP contribution in [0.25, 0.3) is 0 Å². The molecule has 10 heteroatoms. The summed E-state index contributed by atoms with van der Waals surface area (Å²) in [4.78, 5) is 11.2. The van der Waals surface area contributed by atoms with Gasteiger partial charge in [0.2, 0.25) is 15.9 Å². The lowest BCUT2D eigenvalue weighted by atomic mass is 10.1. The topological polar surface area (TPSA) is 75.3 Å². The fraction of sp³-hybridized carbons (Fsp3) is 0.235. The van der Waals surface area contributed by atoms with Crippen molar-refractivity contribution in [2.24, 2.45) is 0 Å². The molecule has 0 saturated heterocycles. The van der Waals surface area contributed by atoms with Crippen LogP contribution in [0.2, 0.25) is 5.02 Å². The summed E-state index contributed by atoms with van der Waals surface area (Å²) in [6.07, 6.45) is -4.17. The molecule has 2 N–H and O–H groups in total. The first kappa shape index (κ1) is 21.2. The molecular formula is C17H16ClF3N2O3S. The molecule has 0 atom stereocenters. The minimum Gasteiger partial charge on any atom is -0.355 e. The van der Waals surface area contributed by atoms with E-state index in [9.17, 15) is 26.4 Å². The van der Waals surface area contributed by atoms with Gasteiger partial charge in [-0.2, -0.15) is 13.2 Å². The van der Waals surface area contributed by atoms with Crippen LogP contribution in [0.15, 0.2) is 53.4 Å². The normalized spacial score (nSPS) is 12.0. The Morgan fingerprint density at radius 2 is 1.78 bits per heavy atom. The highest BCUT2D eigenvalue weighted by Gasteiger charge is 2.31. The van der Waals surface area contributed by atoms with Crippen LogP contribution >= 0.6 is 11.6 Å². The molecule has 0 aliphatic carbocycles. The molecule has 146 valence electrons. The molecular weight excluding hydrogens is 405 g/mol. The lowest BCUT2D eigenvalue weighted by Crippen LogP contribution is -2.37. The molecule has 2 aromatic carbocycles. The fourth-order valence-corrected chi connectivity index (χ4v) is 3.43. The van der Waals surface area contributed by atoms with E-state index in [2.05, 4.69) is 5.32 Å². The summed E-state index contributed by atoms with van der Waals surface area (Å²) in [6.45, 7) is -0.335. The van der Waals surface area contributed by atoms with Crippen molar-refractivity contribution in [2.75, 3.05) is 13.1 Å². The second-order valence-electron chi connectivity index (χ2n) is 5.58. The van der Waals surface area contributed by atoms with E-state index < -0.39 is 39.1 Å². The average molecular weight is 421 g/mol. The van der Waals surface area contributed by atoms with Crippen molar-refractivity contribution in [3.63, 3.8) is 0 Å². The Morgan fingerprint density at radius 1 is 1.07 bits per heavy atom. The highest BCUT2D eigenvalue weighted by Crippen LogP contribution is 2.30. The Labute approximate surface area is 159 Å². The first-order chi connectivity index (χ1) is 12.6.